The van der Waals surface area contributed by atoms with E-state index in [1.165, 1.54) is 34.2 Å². The molecule has 4 aromatic rings. The lowest BCUT2D eigenvalue weighted by Gasteiger charge is -2.05. The fourth-order valence-electron chi connectivity index (χ4n) is 2.78. The zero-order valence-corrected chi connectivity index (χ0v) is 15.9. The average Bonchev–Trinajstić information content (AvgIpc) is 3.08. The summed E-state index contributed by atoms with van der Waals surface area (Å²) in [6.45, 7) is 3.64. The maximum absolute atomic E-state index is 13.2. The molecule has 4 rings (SSSR count). The maximum Gasteiger partial charge on any atom is 0.352 e. The number of thiophene rings is 1. The third kappa shape index (κ3) is 2.98. The van der Waals surface area contributed by atoms with E-state index in [1.54, 1.807) is 0 Å². The summed E-state index contributed by atoms with van der Waals surface area (Å²) in [7, 11) is 0. The first kappa shape index (κ1) is 17.6. The molecule has 138 valence electrons. The van der Waals surface area contributed by atoms with Crippen molar-refractivity contribution in [3.63, 3.8) is 0 Å². The molecule has 0 saturated heterocycles. The summed E-state index contributed by atoms with van der Waals surface area (Å²) in [4.78, 5) is 31.0. The summed E-state index contributed by atoms with van der Waals surface area (Å²) >= 11 is 7.23. The molecule has 27 heavy (non-hydrogen) atoms. The fourth-order valence-corrected chi connectivity index (χ4v) is 3.95. The number of hydrogen-bond donors (Lipinski definition) is 1. The Kier molecular flexibility index (Phi) is 4.20. The smallest absolute Gasteiger partial charge is 0.324 e. The highest BCUT2D eigenvalue weighted by molar-refractivity contribution is 7.18. The molecule has 10 heteroatoms. The van der Waals surface area contributed by atoms with Crippen molar-refractivity contribution in [2.45, 2.75) is 20.4 Å². The van der Waals surface area contributed by atoms with E-state index in [0.717, 1.165) is 31.4 Å². The monoisotopic (exact) mass is 405 g/mol. The van der Waals surface area contributed by atoms with Gasteiger partial charge in [-0.2, -0.15) is 0 Å². The minimum Gasteiger partial charge on any atom is -0.324 e. The minimum atomic E-state index is -0.579. The lowest BCUT2D eigenvalue weighted by molar-refractivity contribution is -0.117. The van der Waals surface area contributed by atoms with Gasteiger partial charge in [0.05, 0.1) is 10.4 Å². The zero-order valence-electron chi connectivity index (χ0n) is 14.3. The second-order valence-corrected chi connectivity index (χ2v) is 7.63. The third-order valence-corrected chi connectivity index (χ3v) is 5.65. The molecule has 3 aromatic heterocycles. The van der Waals surface area contributed by atoms with Crippen LogP contribution in [0.1, 0.15) is 10.4 Å². The molecule has 0 fully saturated rings. The SMILES string of the molecule is Cc1sc2ncn3c(=O)n(CC(=O)Nc4ccc(F)c(Cl)c4)nc3c2c1C. The number of nitrogens with zero attached hydrogens (tertiary/aromatic N) is 4. The van der Waals surface area contributed by atoms with E-state index in [4.69, 9.17) is 11.6 Å². The molecule has 1 N–H and O–H groups in total. The van der Waals surface area contributed by atoms with Gasteiger partial charge < -0.3 is 5.32 Å². The van der Waals surface area contributed by atoms with Crippen LogP contribution in [0.15, 0.2) is 29.3 Å². The Morgan fingerprint density at radius 1 is 1.37 bits per heavy atom. The van der Waals surface area contributed by atoms with Gasteiger partial charge in [0, 0.05) is 10.6 Å². The van der Waals surface area contributed by atoms with E-state index in [-0.39, 0.29) is 11.6 Å². The highest BCUT2D eigenvalue weighted by atomic mass is 35.5. The summed E-state index contributed by atoms with van der Waals surface area (Å²) in [5, 5.41) is 7.59. The van der Waals surface area contributed by atoms with E-state index in [0.29, 0.717) is 11.3 Å². The van der Waals surface area contributed by atoms with Gasteiger partial charge in [0.15, 0.2) is 5.65 Å². The number of hydrogen-bond acceptors (Lipinski definition) is 5. The molecule has 0 bridgehead atoms. The normalized spacial score (nSPS) is 11.4. The van der Waals surface area contributed by atoms with Crippen LogP contribution in [0.25, 0.3) is 15.9 Å². The van der Waals surface area contributed by atoms with Crippen LogP contribution in [0.3, 0.4) is 0 Å². The Bertz CT molecular complexity index is 1280. The van der Waals surface area contributed by atoms with Gasteiger partial charge in [-0.15, -0.1) is 16.4 Å². The van der Waals surface area contributed by atoms with Gasteiger partial charge in [0.1, 0.15) is 23.5 Å². The van der Waals surface area contributed by atoms with Crippen LogP contribution in [0.2, 0.25) is 5.02 Å². The number of aromatic nitrogens is 4. The van der Waals surface area contributed by atoms with E-state index in [1.807, 2.05) is 13.8 Å². The van der Waals surface area contributed by atoms with Gasteiger partial charge in [-0.3, -0.25) is 4.79 Å². The predicted octanol–water partition coefficient (Wildman–Crippen LogP) is 3.15. The first-order valence-corrected chi connectivity index (χ1v) is 9.13. The fraction of sp³-hybridized carbons (Fsp3) is 0.176. The molecular weight excluding hydrogens is 393 g/mol. The van der Waals surface area contributed by atoms with Crippen molar-refractivity contribution in [1.82, 2.24) is 19.2 Å². The molecule has 1 amide bonds. The second kappa shape index (κ2) is 6.43. The molecule has 0 unspecified atom stereocenters. The Labute approximate surface area is 161 Å². The van der Waals surface area contributed by atoms with E-state index in [9.17, 15) is 14.0 Å². The molecule has 0 aliphatic rings. The number of rotatable bonds is 3. The summed E-state index contributed by atoms with van der Waals surface area (Å²) in [6, 6.07) is 3.84. The Morgan fingerprint density at radius 3 is 2.89 bits per heavy atom. The van der Waals surface area contributed by atoms with Crippen LogP contribution in [-0.2, 0) is 11.3 Å². The van der Waals surface area contributed by atoms with Crippen molar-refractivity contribution in [3.05, 3.63) is 56.3 Å². The molecule has 7 nitrogen and oxygen atoms in total. The van der Waals surface area contributed by atoms with Crippen LogP contribution < -0.4 is 11.0 Å². The number of benzene rings is 1. The first-order chi connectivity index (χ1) is 12.8. The number of anilines is 1. The largest absolute Gasteiger partial charge is 0.352 e. The summed E-state index contributed by atoms with van der Waals surface area (Å²) in [6.07, 6.45) is 1.41. The first-order valence-electron chi connectivity index (χ1n) is 7.94. The van der Waals surface area contributed by atoms with E-state index < -0.39 is 17.4 Å². The zero-order chi connectivity index (χ0) is 19.3. The maximum atomic E-state index is 13.2. The van der Waals surface area contributed by atoms with Crippen LogP contribution in [0, 0.1) is 19.7 Å². The molecule has 0 aliphatic carbocycles. The summed E-state index contributed by atoms with van der Waals surface area (Å²) < 4.78 is 15.6. The van der Waals surface area contributed by atoms with Gasteiger partial charge in [0.2, 0.25) is 5.91 Å². The topological polar surface area (TPSA) is 81.3 Å². The van der Waals surface area contributed by atoms with Gasteiger partial charge in [-0.1, -0.05) is 11.6 Å². The molecule has 0 atom stereocenters. The third-order valence-electron chi connectivity index (χ3n) is 4.25. The van der Waals surface area contributed by atoms with Crippen molar-refractivity contribution >= 4 is 50.4 Å². The van der Waals surface area contributed by atoms with Crippen molar-refractivity contribution in [2.75, 3.05) is 5.32 Å². The number of carbonyl (C=O) groups excluding carboxylic acids is 1. The number of aryl methyl sites for hydroxylation is 2. The second-order valence-electron chi connectivity index (χ2n) is 6.02. The highest BCUT2D eigenvalue weighted by Gasteiger charge is 2.17. The lowest BCUT2D eigenvalue weighted by Crippen LogP contribution is -2.28. The van der Waals surface area contributed by atoms with E-state index >= 15 is 0 Å². The Hall–Kier alpha value is -2.78. The van der Waals surface area contributed by atoms with Crippen molar-refractivity contribution in [1.29, 1.82) is 0 Å². The molecule has 1 aromatic carbocycles. The minimum absolute atomic E-state index is 0.102. The van der Waals surface area contributed by atoms with Crippen LogP contribution in [0.4, 0.5) is 10.1 Å². The molecule has 3 heterocycles. The number of halogens is 2. The van der Waals surface area contributed by atoms with Gasteiger partial charge in [0.25, 0.3) is 0 Å². The van der Waals surface area contributed by atoms with Crippen molar-refractivity contribution in [2.24, 2.45) is 0 Å². The van der Waals surface area contributed by atoms with Crippen LogP contribution >= 0.6 is 22.9 Å². The average molecular weight is 406 g/mol. The quantitative estimate of drug-likeness (QED) is 0.567. The highest BCUT2D eigenvalue weighted by Crippen LogP contribution is 2.30. The molecular formula is C17H13ClFN5O2S. The van der Waals surface area contributed by atoms with Crippen LogP contribution in [0.5, 0.6) is 0 Å². The predicted molar refractivity (Wildman–Crippen MR) is 102 cm³/mol. The van der Waals surface area contributed by atoms with Crippen LogP contribution in [-0.4, -0.2) is 25.1 Å². The van der Waals surface area contributed by atoms with Gasteiger partial charge in [-0.05, 0) is 37.6 Å². The number of nitrogens with one attached hydrogen (secondary N) is 1. The summed E-state index contributed by atoms with van der Waals surface area (Å²) in [5.41, 5.74) is 1.34. The molecule has 0 spiro atoms. The number of amides is 1. The lowest BCUT2D eigenvalue weighted by atomic mass is 10.2. The van der Waals surface area contributed by atoms with Crippen molar-refractivity contribution < 1.29 is 9.18 Å². The van der Waals surface area contributed by atoms with E-state index in [2.05, 4.69) is 15.4 Å². The molecule has 0 radical (unpaired) electrons. The molecule has 0 aliphatic heterocycles. The Morgan fingerprint density at radius 2 is 2.15 bits per heavy atom. The summed E-state index contributed by atoms with van der Waals surface area (Å²) in [5.74, 6) is -1.06. The Balaban J connectivity index is 1.68. The number of fused-ring (bicyclic) bond motifs is 3. The van der Waals surface area contributed by atoms with Gasteiger partial charge in [-0.25, -0.2) is 23.3 Å². The van der Waals surface area contributed by atoms with Crippen molar-refractivity contribution in [3.8, 4) is 0 Å². The number of carbonyl (C=O) groups is 1. The van der Waals surface area contributed by atoms with Gasteiger partial charge >= 0.3 is 5.69 Å². The standard InChI is InChI=1S/C17H13ClFN5O2S/c1-8-9(2)27-16-14(8)15-22-24(17(26)23(15)7-20-16)6-13(25)21-10-3-4-12(19)11(18)5-10/h3-5,7H,6H2,1-2H3,(H,21,25). The molecule has 0 saturated carbocycles.